The lowest BCUT2D eigenvalue weighted by Crippen LogP contribution is -2.40. The van der Waals surface area contributed by atoms with Crippen molar-refractivity contribution in [3.8, 4) is 0 Å². The first-order chi connectivity index (χ1) is 12.6. The summed E-state index contributed by atoms with van der Waals surface area (Å²) in [6.45, 7) is 0.160. The van der Waals surface area contributed by atoms with Gasteiger partial charge < -0.3 is 0 Å². The fourth-order valence-corrected chi connectivity index (χ4v) is 2.55. The highest BCUT2D eigenvalue weighted by Crippen LogP contribution is 2.12. The van der Waals surface area contributed by atoms with Crippen LogP contribution in [0, 0.1) is 10.1 Å². The number of non-ortho nitro benzene ring substituents is 1. The Labute approximate surface area is 151 Å². The molecule has 0 aliphatic rings. The first-order valence-corrected chi connectivity index (χ1v) is 8.13. The molecule has 5 nitrogen and oxygen atoms in total. The summed E-state index contributed by atoms with van der Waals surface area (Å²) in [5.74, 6) is -0.106. The van der Waals surface area contributed by atoms with Crippen molar-refractivity contribution in [2.24, 2.45) is 0 Å². The van der Waals surface area contributed by atoms with E-state index < -0.39 is 4.92 Å². The molecule has 0 radical (unpaired) electrons. The van der Waals surface area contributed by atoms with Crippen LogP contribution in [0.5, 0.6) is 0 Å². The standard InChI is InChI=1S/C21H17N2O3/c24-21(18-10-13-20(14-11-18)23(25)26)16-22-15-5-4-8-19(22)12-9-17-6-2-1-3-7-17/h1-15H,16H2/q+1/b12-9+. The maximum Gasteiger partial charge on any atom is 0.269 e. The van der Waals surface area contributed by atoms with Gasteiger partial charge >= 0.3 is 0 Å². The van der Waals surface area contributed by atoms with Gasteiger partial charge in [-0.3, -0.25) is 14.9 Å². The van der Waals surface area contributed by atoms with Crippen LogP contribution in [0.25, 0.3) is 12.2 Å². The number of hydrogen-bond donors (Lipinski definition) is 0. The molecule has 2 aromatic carbocycles. The summed E-state index contributed by atoms with van der Waals surface area (Å²) in [6.07, 6.45) is 5.79. The normalized spacial score (nSPS) is 10.8. The third-order valence-electron chi connectivity index (χ3n) is 3.94. The zero-order chi connectivity index (χ0) is 18.4. The molecule has 0 saturated carbocycles. The Bertz CT molecular complexity index is 949. The van der Waals surface area contributed by atoms with Crippen LogP contribution in [0.2, 0.25) is 0 Å². The molecule has 0 aliphatic carbocycles. The molecule has 0 amide bonds. The predicted octanol–water partition coefficient (Wildman–Crippen LogP) is 3.94. The highest BCUT2D eigenvalue weighted by Gasteiger charge is 2.16. The molecule has 0 spiro atoms. The summed E-state index contributed by atoms with van der Waals surface area (Å²) in [6, 6.07) is 21.3. The number of carbonyl (C=O) groups excluding carboxylic acids is 1. The average molecular weight is 345 g/mol. The van der Waals surface area contributed by atoms with Gasteiger partial charge in [0.05, 0.1) is 4.92 Å². The number of nitro groups is 1. The minimum absolute atomic E-state index is 0.0274. The molecule has 0 bridgehead atoms. The first kappa shape index (κ1) is 17.2. The van der Waals surface area contributed by atoms with Gasteiger partial charge in [-0.2, -0.15) is 4.57 Å². The van der Waals surface area contributed by atoms with Crippen LogP contribution >= 0.6 is 0 Å². The van der Waals surface area contributed by atoms with Crippen LogP contribution < -0.4 is 4.57 Å². The van der Waals surface area contributed by atoms with E-state index in [0.717, 1.165) is 11.3 Å². The molecule has 0 N–H and O–H groups in total. The van der Waals surface area contributed by atoms with E-state index in [1.54, 1.807) is 0 Å². The number of pyridine rings is 1. The van der Waals surface area contributed by atoms with Crippen molar-refractivity contribution < 1.29 is 14.3 Å². The first-order valence-electron chi connectivity index (χ1n) is 8.13. The van der Waals surface area contributed by atoms with Crippen molar-refractivity contribution >= 4 is 23.6 Å². The Morgan fingerprint density at radius 3 is 2.31 bits per heavy atom. The van der Waals surface area contributed by atoms with E-state index in [-0.39, 0.29) is 18.0 Å². The maximum atomic E-state index is 12.5. The zero-order valence-electron chi connectivity index (χ0n) is 14.0. The van der Waals surface area contributed by atoms with Crippen LogP contribution in [0.1, 0.15) is 21.6 Å². The Morgan fingerprint density at radius 2 is 1.62 bits per heavy atom. The van der Waals surface area contributed by atoms with E-state index in [1.165, 1.54) is 24.3 Å². The van der Waals surface area contributed by atoms with E-state index in [1.807, 2.05) is 71.4 Å². The van der Waals surface area contributed by atoms with Gasteiger partial charge in [0.25, 0.3) is 5.69 Å². The van der Waals surface area contributed by atoms with Gasteiger partial charge in [0.1, 0.15) is 0 Å². The fraction of sp³-hybridized carbons (Fsp3) is 0.0476. The number of nitro benzene ring substituents is 1. The second kappa shape index (κ2) is 7.98. The summed E-state index contributed by atoms with van der Waals surface area (Å²) in [4.78, 5) is 22.7. The predicted molar refractivity (Wildman–Crippen MR) is 99.4 cm³/mol. The third kappa shape index (κ3) is 4.27. The molecule has 1 aromatic heterocycles. The highest BCUT2D eigenvalue weighted by atomic mass is 16.6. The van der Waals surface area contributed by atoms with Crippen molar-refractivity contribution in [1.29, 1.82) is 0 Å². The van der Waals surface area contributed by atoms with E-state index in [2.05, 4.69) is 0 Å². The summed E-state index contributed by atoms with van der Waals surface area (Å²) < 4.78 is 1.85. The minimum Gasteiger partial charge on any atom is -0.287 e. The molecule has 0 atom stereocenters. The molecule has 1 heterocycles. The molecule has 128 valence electrons. The van der Waals surface area contributed by atoms with Crippen LogP contribution in [0.4, 0.5) is 5.69 Å². The second-order valence-corrected chi connectivity index (χ2v) is 5.72. The number of hydrogen-bond acceptors (Lipinski definition) is 3. The molecular formula is C21H17N2O3+. The number of rotatable bonds is 6. The molecule has 0 saturated heterocycles. The van der Waals surface area contributed by atoms with E-state index >= 15 is 0 Å². The number of benzene rings is 2. The topological polar surface area (TPSA) is 64.1 Å². The molecule has 0 fully saturated rings. The fourth-order valence-electron chi connectivity index (χ4n) is 2.55. The van der Waals surface area contributed by atoms with Crippen LogP contribution in [0.3, 0.4) is 0 Å². The quantitative estimate of drug-likeness (QED) is 0.294. The number of nitrogens with zero attached hydrogens (tertiary/aromatic N) is 2. The van der Waals surface area contributed by atoms with Crippen LogP contribution in [0.15, 0.2) is 79.0 Å². The van der Waals surface area contributed by atoms with Crippen molar-refractivity contribution in [2.45, 2.75) is 6.54 Å². The van der Waals surface area contributed by atoms with E-state index in [9.17, 15) is 14.9 Å². The average Bonchev–Trinajstić information content (AvgIpc) is 2.68. The number of aromatic nitrogens is 1. The number of carbonyl (C=O) groups is 1. The maximum absolute atomic E-state index is 12.5. The SMILES string of the molecule is O=C(C[n+]1ccccc1/C=C/c1ccccc1)c1ccc([N+](=O)[O-])cc1. The Hall–Kier alpha value is -3.60. The van der Waals surface area contributed by atoms with Gasteiger partial charge in [0.15, 0.2) is 6.20 Å². The summed E-state index contributed by atoms with van der Waals surface area (Å²) >= 11 is 0. The molecule has 3 aromatic rings. The van der Waals surface area contributed by atoms with Crippen LogP contribution in [-0.2, 0) is 6.54 Å². The largest absolute Gasteiger partial charge is 0.287 e. The van der Waals surface area contributed by atoms with Gasteiger partial charge in [0, 0.05) is 35.9 Å². The van der Waals surface area contributed by atoms with Gasteiger partial charge in [-0.15, -0.1) is 0 Å². The third-order valence-corrected chi connectivity index (χ3v) is 3.94. The highest BCUT2D eigenvalue weighted by molar-refractivity contribution is 5.95. The molecule has 3 rings (SSSR count). The van der Waals surface area contributed by atoms with E-state index in [4.69, 9.17) is 0 Å². The number of ketones is 1. The monoisotopic (exact) mass is 345 g/mol. The molecule has 5 heteroatoms. The summed E-state index contributed by atoms with van der Waals surface area (Å²) in [7, 11) is 0. The lowest BCUT2D eigenvalue weighted by atomic mass is 10.1. The van der Waals surface area contributed by atoms with Crippen molar-refractivity contribution in [2.75, 3.05) is 0 Å². The second-order valence-electron chi connectivity index (χ2n) is 5.72. The summed E-state index contributed by atoms with van der Waals surface area (Å²) in [5.41, 5.74) is 2.39. The zero-order valence-corrected chi connectivity index (χ0v) is 14.0. The lowest BCUT2D eigenvalue weighted by molar-refractivity contribution is -0.684. The smallest absolute Gasteiger partial charge is 0.269 e. The minimum atomic E-state index is -0.479. The molecule has 26 heavy (non-hydrogen) atoms. The van der Waals surface area contributed by atoms with Gasteiger partial charge in [-0.25, -0.2) is 0 Å². The molecular weight excluding hydrogens is 328 g/mol. The Balaban J connectivity index is 1.78. The van der Waals surface area contributed by atoms with Crippen molar-refractivity contribution in [1.82, 2.24) is 0 Å². The van der Waals surface area contributed by atoms with Crippen molar-refractivity contribution in [3.05, 3.63) is 106 Å². The Morgan fingerprint density at radius 1 is 0.923 bits per heavy atom. The number of Topliss-reactive ketones (excluding diaryl/α,β-unsaturated/α-hetero) is 1. The van der Waals surface area contributed by atoms with Gasteiger partial charge in [0.2, 0.25) is 18.0 Å². The van der Waals surface area contributed by atoms with Crippen LogP contribution in [-0.4, -0.2) is 10.7 Å². The summed E-state index contributed by atoms with van der Waals surface area (Å²) in [5, 5.41) is 10.7. The lowest BCUT2D eigenvalue weighted by Gasteiger charge is -2.01. The van der Waals surface area contributed by atoms with Gasteiger partial charge in [-0.1, -0.05) is 30.3 Å². The van der Waals surface area contributed by atoms with E-state index in [0.29, 0.717) is 5.56 Å². The Kier molecular flexibility index (Phi) is 5.29. The molecule has 0 aliphatic heterocycles. The van der Waals surface area contributed by atoms with Crippen molar-refractivity contribution in [3.63, 3.8) is 0 Å². The van der Waals surface area contributed by atoms with Gasteiger partial charge in [-0.05, 0) is 29.8 Å². The molecule has 0 unspecified atom stereocenters.